The first kappa shape index (κ1) is 29.7. The number of esters is 2. The van der Waals surface area contributed by atoms with Crippen LogP contribution in [0.15, 0.2) is 66.7 Å². The predicted octanol–water partition coefficient (Wildman–Crippen LogP) is 6.51. The zero-order valence-corrected chi connectivity index (χ0v) is 22.9. The van der Waals surface area contributed by atoms with Crippen molar-refractivity contribution in [1.82, 2.24) is 5.32 Å². The van der Waals surface area contributed by atoms with Gasteiger partial charge in [-0.05, 0) is 83.5 Å². The molecule has 0 aromatic heterocycles. The molecule has 3 aromatic carbocycles. The fourth-order valence-corrected chi connectivity index (χ4v) is 3.60. The monoisotopic (exact) mass is 523 g/mol. The number of hydrogen-bond acceptors (Lipinski definition) is 6. The molecule has 37 heavy (non-hydrogen) atoms. The topological polar surface area (TPSA) is 81.7 Å². The quantitative estimate of drug-likeness (QED) is 0.206. The molecule has 0 amide bonds. The number of Topliss-reactive ketones (excluding diaryl/α,β-unsaturated/α-hetero) is 1. The Balaban J connectivity index is 0.00000481. The summed E-state index contributed by atoms with van der Waals surface area (Å²) in [6, 6.07) is 18.0. The lowest BCUT2D eigenvalue weighted by atomic mass is 9.98. The molecular weight excluding hydrogens is 490 g/mol. The summed E-state index contributed by atoms with van der Waals surface area (Å²) in [5.74, 6) is -1.31. The molecule has 0 heterocycles. The Kier molecular flexibility index (Phi) is 10.2. The first-order valence-corrected chi connectivity index (χ1v) is 12.0. The molecule has 0 aliphatic rings. The molecule has 6 nitrogen and oxygen atoms in total. The number of halogens is 1. The van der Waals surface area contributed by atoms with E-state index in [0.29, 0.717) is 23.1 Å². The van der Waals surface area contributed by atoms with Crippen molar-refractivity contribution in [2.24, 2.45) is 0 Å². The lowest BCUT2D eigenvalue weighted by molar-refractivity contribution is 0.0682. The van der Waals surface area contributed by atoms with E-state index in [9.17, 15) is 14.4 Å². The molecule has 1 unspecified atom stereocenters. The molecule has 0 bridgehead atoms. The van der Waals surface area contributed by atoms with Gasteiger partial charge in [0, 0.05) is 11.1 Å². The Morgan fingerprint density at radius 2 is 1.16 bits per heavy atom. The summed E-state index contributed by atoms with van der Waals surface area (Å²) in [5.41, 5.74) is 2.80. The van der Waals surface area contributed by atoms with Crippen LogP contribution in [0.1, 0.15) is 76.3 Å². The molecule has 0 aliphatic heterocycles. The average Bonchev–Trinajstić information content (AvgIpc) is 2.83. The third-order valence-electron chi connectivity index (χ3n) is 5.54. The van der Waals surface area contributed by atoms with E-state index >= 15 is 0 Å². The van der Waals surface area contributed by atoms with E-state index < -0.39 is 18.0 Å². The van der Waals surface area contributed by atoms with E-state index in [1.54, 1.807) is 42.5 Å². The van der Waals surface area contributed by atoms with Crippen molar-refractivity contribution < 1.29 is 23.9 Å². The Bertz CT molecular complexity index is 1240. The lowest BCUT2D eigenvalue weighted by Crippen LogP contribution is -2.47. The summed E-state index contributed by atoms with van der Waals surface area (Å²) < 4.78 is 11.2. The van der Waals surface area contributed by atoms with Crippen molar-refractivity contribution in [3.63, 3.8) is 0 Å². The third kappa shape index (κ3) is 8.27. The van der Waals surface area contributed by atoms with Gasteiger partial charge in [-0.2, -0.15) is 0 Å². The van der Waals surface area contributed by atoms with Gasteiger partial charge in [0.05, 0.1) is 17.2 Å². The van der Waals surface area contributed by atoms with Gasteiger partial charge in [-0.3, -0.25) is 4.79 Å². The van der Waals surface area contributed by atoms with E-state index in [1.807, 2.05) is 53.7 Å². The van der Waals surface area contributed by atoms with Crippen LogP contribution >= 0.6 is 12.4 Å². The zero-order valence-electron chi connectivity index (χ0n) is 22.1. The van der Waals surface area contributed by atoms with Crippen LogP contribution in [-0.4, -0.2) is 29.3 Å². The Labute approximate surface area is 224 Å². The third-order valence-corrected chi connectivity index (χ3v) is 5.54. The summed E-state index contributed by atoms with van der Waals surface area (Å²) >= 11 is 0. The number of hydrogen-bond donors (Lipinski definition) is 1. The van der Waals surface area contributed by atoms with Gasteiger partial charge in [0.15, 0.2) is 17.3 Å². The Morgan fingerprint density at radius 1 is 0.730 bits per heavy atom. The molecule has 3 rings (SSSR count). The Morgan fingerprint density at radius 3 is 1.59 bits per heavy atom. The maximum absolute atomic E-state index is 13.3. The van der Waals surface area contributed by atoms with Gasteiger partial charge in [-0.1, -0.05) is 42.3 Å². The predicted molar refractivity (Wildman–Crippen MR) is 147 cm³/mol. The highest BCUT2D eigenvalue weighted by Crippen LogP contribution is 2.31. The number of nitrogens with one attached hydrogen (secondary N) is 1. The molecule has 3 aromatic rings. The van der Waals surface area contributed by atoms with E-state index in [2.05, 4.69) is 5.32 Å². The second kappa shape index (κ2) is 12.7. The highest BCUT2D eigenvalue weighted by Gasteiger charge is 2.25. The molecule has 0 spiro atoms. The molecule has 1 N–H and O–H groups in total. The minimum absolute atomic E-state index is 0. The maximum Gasteiger partial charge on any atom is 0.343 e. The number of benzene rings is 3. The molecular formula is C30H34ClNO5. The van der Waals surface area contributed by atoms with Gasteiger partial charge < -0.3 is 14.8 Å². The largest absolute Gasteiger partial charge is 0.419 e. The highest BCUT2D eigenvalue weighted by molar-refractivity contribution is 6.01. The van der Waals surface area contributed by atoms with Gasteiger partial charge in [0.1, 0.15) is 0 Å². The molecule has 0 fully saturated rings. The molecule has 1 atom stereocenters. The number of ketones is 1. The van der Waals surface area contributed by atoms with Crippen LogP contribution in [0.2, 0.25) is 0 Å². The number of aryl methyl sites for hydroxylation is 2. The van der Waals surface area contributed by atoms with Gasteiger partial charge in [-0.15, -0.1) is 12.4 Å². The molecule has 196 valence electrons. The summed E-state index contributed by atoms with van der Waals surface area (Å²) in [4.78, 5) is 38.9. The van der Waals surface area contributed by atoms with Crippen molar-refractivity contribution >= 4 is 30.1 Å². The minimum Gasteiger partial charge on any atom is -0.419 e. The second-order valence-corrected chi connectivity index (χ2v) is 9.89. The first-order chi connectivity index (χ1) is 17.0. The van der Waals surface area contributed by atoms with Crippen molar-refractivity contribution in [3.8, 4) is 11.5 Å². The van der Waals surface area contributed by atoms with Crippen molar-refractivity contribution in [3.05, 3.63) is 94.5 Å². The van der Waals surface area contributed by atoms with E-state index in [1.165, 1.54) is 12.1 Å². The fraction of sp³-hybridized carbons (Fsp3) is 0.300. The Hall–Kier alpha value is -3.48. The van der Waals surface area contributed by atoms with Gasteiger partial charge >= 0.3 is 11.9 Å². The molecule has 0 saturated carbocycles. The van der Waals surface area contributed by atoms with Crippen LogP contribution in [0.3, 0.4) is 0 Å². The summed E-state index contributed by atoms with van der Waals surface area (Å²) in [7, 11) is 0. The van der Waals surface area contributed by atoms with Crippen molar-refractivity contribution in [2.75, 3.05) is 0 Å². The van der Waals surface area contributed by atoms with Gasteiger partial charge in [0.2, 0.25) is 0 Å². The molecule has 0 radical (unpaired) electrons. The summed E-state index contributed by atoms with van der Waals surface area (Å²) in [6.45, 7) is 11.7. The van der Waals surface area contributed by atoms with Crippen LogP contribution in [0.5, 0.6) is 11.5 Å². The lowest BCUT2D eigenvalue weighted by Gasteiger charge is -2.27. The zero-order chi connectivity index (χ0) is 26.5. The van der Waals surface area contributed by atoms with Crippen LogP contribution in [-0.2, 0) is 0 Å². The first-order valence-electron chi connectivity index (χ1n) is 12.0. The van der Waals surface area contributed by atoms with Crippen LogP contribution < -0.4 is 14.8 Å². The van der Waals surface area contributed by atoms with Crippen LogP contribution in [0, 0.1) is 13.8 Å². The maximum atomic E-state index is 13.3. The van der Waals surface area contributed by atoms with E-state index in [0.717, 1.165) is 11.1 Å². The number of carbonyl (C=O) groups excluding carboxylic acids is 3. The van der Waals surface area contributed by atoms with Crippen LogP contribution in [0.25, 0.3) is 0 Å². The highest BCUT2D eigenvalue weighted by atomic mass is 35.5. The van der Waals surface area contributed by atoms with Crippen molar-refractivity contribution in [1.29, 1.82) is 0 Å². The van der Waals surface area contributed by atoms with Crippen LogP contribution in [0.4, 0.5) is 0 Å². The number of ether oxygens (including phenoxy) is 2. The molecule has 0 saturated heterocycles. The number of carbonyl (C=O) groups is 3. The summed E-state index contributed by atoms with van der Waals surface area (Å²) in [5, 5.41) is 3.33. The van der Waals surface area contributed by atoms with E-state index in [-0.39, 0.29) is 35.2 Å². The SMILES string of the molecule is CCC(NC(C)(C)C)C(=O)c1ccc(OC(=O)c2ccc(C)cc2)c(OC(=O)c2ccc(C)cc2)c1.Cl. The fourth-order valence-electron chi connectivity index (χ4n) is 3.60. The van der Waals surface area contributed by atoms with Gasteiger partial charge in [0.25, 0.3) is 0 Å². The summed E-state index contributed by atoms with van der Waals surface area (Å²) in [6.07, 6.45) is 0.582. The second-order valence-electron chi connectivity index (χ2n) is 9.89. The normalized spacial score (nSPS) is 11.7. The average molecular weight is 524 g/mol. The van der Waals surface area contributed by atoms with E-state index in [4.69, 9.17) is 9.47 Å². The smallest absolute Gasteiger partial charge is 0.343 e. The number of rotatable bonds is 8. The molecule has 7 heteroatoms. The van der Waals surface area contributed by atoms with Crippen molar-refractivity contribution in [2.45, 2.75) is 59.5 Å². The minimum atomic E-state index is -0.618. The van der Waals surface area contributed by atoms with Gasteiger partial charge in [-0.25, -0.2) is 9.59 Å². The standard InChI is InChI=1S/C30H33NO5.ClH/c1-7-24(31-30(4,5)6)27(32)23-16-17-25(35-28(33)21-12-8-19(2)9-13-21)26(18-23)36-29(34)22-14-10-20(3)11-15-22;/h8-18,24,31H,7H2,1-6H3;1H. The molecule has 0 aliphatic carbocycles.